The second-order valence-electron chi connectivity index (χ2n) is 11.9. The van der Waals surface area contributed by atoms with E-state index in [1.165, 1.54) is 38.2 Å². The van der Waals surface area contributed by atoms with Crippen molar-refractivity contribution >= 4 is 32.4 Å². The Morgan fingerprint density at radius 1 is 0.312 bits per heavy atom. The van der Waals surface area contributed by atoms with E-state index in [1.54, 1.807) is 0 Å². The zero-order chi connectivity index (χ0) is 31.9. The van der Waals surface area contributed by atoms with Crippen LogP contribution in [0.4, 0.5) is 0 Å². The summed E-state index contributed by atoms with van der Waals surface area (Å²) in [7, 11) is 0. The number of fused-ring (bicyclic) bond motifs is 4. The second kappa shape index (κ2) is 11.7. The van der Waals surface area contributed by atoms with Gasteiger partial charge in [0, 0.05) is 33.7 Å². The third-order valence-corrected chi connectivity index (χ3v) is 8.98. The van der Waals surface area contributed by atoms with Crippen LogP contribution in [0, 0.1) is 0 Å². The summed E-state index contributed by atoms with van der Waals surface area (Å²) in [4.78, 5) is 19.4. The monoisotopic (exact) mass is 612 g/mol. The topological polar surface area (TPSA) is 51.6 Å². The normalized spacial score (nSPS) is 11.3. The van der Waals surface area contributed by atoms with Gasteiger partial charge in [0.05, 0.1) is 5.52 Å². The van der Waals surface area contributed by atoms with E-state index in [4.69, 9.17) is 19.9 Å². The molecular formula is C44H28N4. The Balaban J connectivity index is 1.15. The Morgan fingerprint density at radius 2 is 0.771 bits per heavy atom. The van der Waals surface area contributed by atoms with Gasteiger partial charge in [-0.15, -0.1) is 0 Å². The molecule has 9 rings (SSSR count). The number of hydrogen-bond acceptors (Lipinski definition) is 4. The van der Waals surface area contributed by atoms with E-state index >= 15 is 0 Å². The quantitative estimate of drug-likeness (QED) is 0.181. The minimum atomic E-state index is 0.645. The van der Waals surface area contributed by atoms with Crippen LogP contribution < -0.4 is 0 Å². The Kier molecular flexibility index (Phi) is 6.76. The van der Waals surface area contributed by atoms with Crippen molar-refractivity contribution in [1.29, 1.82) is 0 Å². The lowest BCUT2D eigenvalue weighted by Crippen LogP contribution is -2.00. The largest absolute Gasteiger partial charge is 0.256 e. The van der Waals surface area contributed by atoms with Crippen molar-refractivity contribution in [3.63, 3.8) is 0 Å². The maximum Gasteiger partial charge on any atom is 0.164 e. The fourth-order valence-corrected chi connectivity index (χ4v) is 6.66. The summed E-state index contributed by atoms with van der Waals surface area (Å²) in [6.45, 7) is 0. The lowest BCUT2D eigenvalue weighted by Gasteiger charge is -2.15. The second-order valence-corrected chi connectivity index (χ2v) is 11.9. The average Bonchev–Trinajstić information content (AvgIpc) is 3.18. The molecule has 0 atom stereocenters. The molecule has 0 bridgehead atoms. The van der Waals surface area contributed by atoms with E-state index in [2.05, 4.69) is 97.1 Å². The van der Waals surface area contributed by atoms with Crippen molar-refractivity contribution in [2.45, 2.75) is 0 Å². The van der Waals surface area contributed by atoms with Crippen molar-refractivity contribution in [2.75, 3.05) is 0 Å². The van der Waals surface area contributed by atoms with Crippen LogP contribution in [0.15, 0.2) is 170 Å². The van der Waals surface area contributed by atoms with Crippen LogP contribution in [0.25, 0.3) is 88.9 Å². The molecule has 0 spiro atoms. The van der Waals surface area contributed by atoms with Gasteiger partial charge in [-0.2, -0.15) is 0 Å². The lowest BCUT2D eigenvalue weighted by molar-refractivity contribution is 1.07. The molecule has 0 unspecified atom stereocenters. The maximum absolute atomic E-state index is 4.92. The van der Waals surface area contributed by atoms with E-state index < -0.39 is 0 Å². The van der Waals surface area contributed by atoms with Crippen LogP contribution in [0.5, 0.6) is 0 Å². The van der Waals surface area contributed by atoms with Crippen molar-refractivity contribution in [3.8, 4) is 56.4 Å². The fourth-order valence-electron chi connectivity index (χ4n) is 6.66. The molecule has 0 aliphatic heterocycles. The summed E-state index contributed by atoms with van der Waals surface area (Å²) in [5.74, 6) is 1.95. The van der Waals surface area contributed by atoms with E-state index in [-0.39, 0.29) is 0 Å². The molecule has 0 aliphatic rings. The van der Waals surface area contributed by atoms with Crippen LogP contribution >= 0.6 is 0 Å². The first kappa shape index (κ1) is 27.8. The van der Waals surface area contributed by atoms with Gasteiger partial charge in [-0.25, -0.2) is 15.0 Å². The number of aromatic nitrogens is 4. The molecule has 7 aromatic carbocycles. The van der Waals surface area contributed by atoms with Gasteiger partial charge in [-0.1, -0.05) is 152 Å². The zero-order valence-corrected chi connectivity index (χ0v) is 26.0. The highest BCUT2D eigenvalue weighted by Crippen LogP contribution is 2.40. The molecule has 0 saturated carbocycles. The minimum absolute atomic E-state index is 0.645. The molecule has 4 nitrogen and oxygen atoms in total. The van der Waals surface area contributed by atoms with Gasteiger partial charge >= 0.3 is 0 Å². The van der Waals surface area contributed by atoms with Gasteiger partial charge in [0.2, 0.25) is 0 Å². The molecule has 0 radical (unpaired) electrons. The highest BCUT2D eigenvalue weighted by molar-refractivity contribution is 6.16. The van der Waals surface area contributed by atoms with E-state index in [1.807, 2.05) is 72.9 Å². The lowest BCUT2D eigenvalue weighted by atomic mass is 9.89. The van der Waals surface area contributed by atoms with Crippen LogP contribution in [-0.2, 0) is 0 Å². The molecule has 2 heterocycles. The molecular weight excluding hydrogens is 585 g/mol. The van der Waals surface area contributed by atoms with Crippen LogP contribution in [-0.4, -0.2) is 19.9 Å². The number of nitrogens with zero attached hydrogens (tertiary/aromatic N) is 4. The number of benzene rings is 7. The third kappa shape index (κ3) is 4.88. The van der Waals surface area contributed by atoms with E-state index in [0.717, 1.165) is 33.2 Å². The molecule has 4 heteroatoms. The fraction of sp³-hybridized carbons (Fsp3) is 0. The molecule has 224 valence electrons. The van der Waals surface area contributed by atoms with Gasteiger partial charge in [-0.05, 0) is 50.5 Å². The third-order valence-electron chi connectivity index (χ3n) is 8.98. The number of pyridine rings is 1. The summed E-state index contributed by atoms with van der Waals surface area (Å²) in [5, 5.41) is 5.92. The predicted octanol–water partition coefficient (Wildman–Crippen LogP) is 11.1. The van der Waals surface area contributed by atoms with Gasteiger partial charge in [0.25, 0.3) is 0 Å². The molecule has 9 aromatic rings. The van der Waals surface area contributed by atoms with Gasteiger partial charge in [0.1, 0.15) is 0 Å². The molecule has 0 fully saturated rings. The Bertz CT molecular complexity index is 2540. The van der Waals surface area contributed by atoms with Crippen LogP contribution in [0.3, 0.4) is 0 Å². The van der Waals surface area contributed by atoms with Gasteiger partial charge in [0.15, 0.2) is 17.5 Å². The summed E-state index contributed by atoms with van der Waals surface area (Å²) in [5.41, 5.74) is 8.61. The highest BCUT2D eigenvalue weighted by atomic mass is 15.0. The summed E-state index contributed by atoms with van der Waals surface area (Å²) in [6, 6.07) is 56.9. The first-order valence-electron chi connectivity index (χ1n) is 16.1. The zero-order valence-electron chi connectivity index (χ0n) is 26.0. The highest BCUT2D eigenvalue weighted by Gasteiger charge is 2.16. The number of hydrogen-bond donors (Lipinski definition) is 0. The minimum Gasteiger partial charge on any atom is -0.256 e. The van der Waals surface area contributed by atoms with Gasteiger partial charge in [-0.3, -0.25) is 4.98 Å². The first-order valence-corrected chi connectivity index (χ1v) is 16.1. The molecule has 0 saturated heterocycles. The molecule has 0 N–H and O–H groups in total. The Hall–Kier alpha value is -6.52. The average molecular weight is 613 g/mol. The van der Waals surface area contributed by atoms with E-state index in [0.29, 0.717) is 17.5 Å². The Labute approximate surface area is 278 Å². The van der Waals surface area contributed by atoms with Crippen molar-refractivity contribution < 1.29 is 0 Å². The molecule has 2 aromatic heterocycles. The SMILES string of the molecule is c1ccc(-c2nc(-c3ccccc3)nc(-c3ccc(-c4ccc(-c5cc6cccnc6c6ccccc56)c5ccccc45)cc3)n2)cc1. The van der Waals surface area contributed by atoms with Gasteiger partial charge < -0.3 is 0 Å². The number of rotatable bonds is 5. The van der Waals surface area contributed by atoms with E-state index in [9.17, 15) is 0 Å². The van der Waals surface area contributed by atoms with Crippen LogP contribution in [0.1, 0.15) is 0 Å². The summed E-state index contributed by atoms with van der Waals surface area (Å²) in [6.07, 6.45) is 1.87. The maximum atomic E-state index is 4.92. The molecule has 0 aliphatic carbocycles. The van der Waals surface area contributed by atoms with Crippen molar-refractivity contribution in [2.24, 2.45) is 0 Å². The summed E-state index contributed by atoms with van der Waals surface area (Å²) < 4.78 is 0. The standard InChI is InChI=1S/C44H28N4/c1-3-12-30(13-4-1)42-46-43(31-14-5-2-6-15-31)48-44(47-42)32-23-21-29(22-24-32)34-25-26-38(36-18-8-7-17-35(34)36)40-28-33-16-11-27-45-41(33)39-20-10-9-19-37(39)40/h1-28H. The smallest absolute Gasteiger partial charge is 0.164 e. The predicted molar refractivity (Wildman–Crippen MR) is 197 cm³/mol. The van der Waals surface area contributed by atoms with Crippen molar-refractivity contribution in [3.05, 3.63) is 170 Å². The van der Waals surface area contributed by atoms with Crippen molar-refractivity contribution in [1.82, 2.24) is 19.9 Å². The summed E-state index contributed by atoms with van der Waals surface area (Å²) >= 11 is 0. The molecule has 0 amide bonds. The van der Waals surface area contributed by atoms with Crippen LogP contribution in [0.2, 0.25) is 0 Å². The molecule has 48 heavy (non-hydrogen) atoms. The Morgan fingerprint density at radius 3 is 1.38 bits per heavy atom. The first-order chi connectivity index (χ1) is 23.8.